The largest absolute Gasteiger partial charge is 0.362 e. The third-order valence-electron chi connectivity index (χ3n) is 3.58. The summed E-state index contributed by atoms with van der Waals surface area (Å²) in [5, 5.41) is 0. The fraction of sp³-hybridized carbons (Fsp3) is 0.692. The predicted molar refractivity (Wildman–Crippen MR) is 80.2 cm³/mol. The van der Waals surface area contributed by atoms with Gasteiger partial charge in [0, 0.05) is 24.5 Å². The second-order valence-electron chi connectivity index (χ2n) is 5.30. The molecule has 0 spiro atoms. The number of rotatable bonds is 3. The Kier molecular flexibility index (Phi) is 4.55. The minimum Gasteiger partial charge on any atom is -0.362 e. The molecule has 0 aromatic carbocycles. The second kappa shape index (κ2) is 5.68. The molecule has 1 aliphatic carbocycles. The van der Waals surface area contributed by atoms with Gasteiger partial charge in [-0.2, -0.15) is 0 Å². The molecule has 0 radical (unpaired) electrons. The third-order valence-corrected chi connectivity index (χ3v) is 5.78. The smallest absolute Gasteiger partial charge is 0.152 e. The van der Waals surface area contributed by atoms with Crippen LogP contribution in [0.2, 0.25) is 0 Å². The van der Waals surface area contributed by atoms with Gasteiger partial charge in [0.2, 0.25) is 0 Å². The first-order valence-corrected chi connectivity index (χ1v) is 9.00. The zero-order valence-corrected chi connectivity index (χ0v) is 13.7. The molecule has 0 aromatic rings. The summed E-state index contributed by atoms with van der Waals surface area (Å²) in [6, 6.07) is 0. The maximum Gasteiger partial charge on any atom is 0.152 e. The van der Waals surface area contributed by atoms with Crippen molar-refractivity contribution in [2.45, 2.75) is 23.9 Å². The average Bonchev–Trinajstić information content (AvgIpc) is 2.34. The summed E-state index contributed by atoms with van der Waals surface area (Å²) in [6.45, 7) is 3.20. The Morgan fingerprint density at radius 2 is 2.05 bits per heavy atom. The van der Waals surface area contributed by atoms with E-state index >= 15 is 0 Å². The van der Waals surface area contributed by atoms with Gasteiger partial charge in [-0.25, -0.2) is 8.42 Å². The number of nitrogens with zero attached hydrogens (tertiary/aromatic N) is 1. The minimum atomic E-state index is -2.85. The molecule has 1 aliphatic heterocycles. The second-order valence-corrected chi connectivity index (χ2v) is 9.41. The lowest BCUT2D eigenvalue weighted by Crippen LogP contribution is -2.47. The van der Waals surface area contributed by atoms with Gasteiger partial charge in [-0.3, -0.25) is 4.90 Å². The van der Waals surface area contributed by atoms with Crippen LogP contribution in [-0.4, -0.2) is 55.6 Å². The van der Waals surface area contributed by atoms with Crippen LogP contribution in [-0.2, 0) is 14.6 Å². The number of hydrogen-bond acceptors (Lipinski definition) is 4. The number of ether oxygens (including phenoxy) is 1. The Labute approximate surface area is 123 Å². The zero-order chi connectivity index (χ0) is 14.1. The van der Waals surface area contributed by atoms with Crippen molar-refractivity contribution in [3.05, 3.63) is 23.8 Å². The summed E-state index contributed by atoms with van der Waals surface area (Å²) < 4.78 is 28.5. The summed E-state index contributed by atoms with van der Waals surface area (Å²) in [7, 11) is -1.18. The molecule has 2 unspecified atom stereocenters. The first kappa shape index (κ1) is 15.2. The van der Waals surface area contributed by atoms with Gasteiger partial charge >= 0.3 is 0 Å². The Morgan fingerprint density at radius 1 is 1.42 bits per heavy atom. The van der Waals surface area contributed by atoms with E-state index in [0.717, 1.165) is 12.0 Å². The van der Waals surface area contributed by atoms with Crippen LogP contribution in [0.25, 0.3) is 0 Å². The maximum atomic E-state index is 11.5. The van der Waals surface area contributed by atoms with Crippen LogP contribution in [0.4, 0.5) is 0 Å². The molecule has 0 aromatic heterocycles. The molecule has 4 nitrogen and oxygen atoms in total. The Morgan fingerprint density at radius 3 is 2.53 bits per heavy atom. The van der Waals surface area contributed by atoms with Crippen LogP contribution in [0.1, 0.15) is 13.3 Å². The van der Waals surface area contributed by atoms with Crippen LogP contribution in [0.5, 0.6) is 0 Å². The molecule has 2 atom stereocenters. The van der Waals surface area contributed by atoms with Gasteiger partial charge in [-0.1, -0.05) is 34.2 Å². The zero-order valence-electron chi connectivity index (χ0n) is 11.3. The molecule has 1 saturated heterocycles. The van der Waals surface area contributed by atoms with Crippen molar-refractivity contribution in [2.75, 3.05) is 31.7 Å². The van der Waals surface area contributed by atoms with E-state index in [-0.39, 0.29) is 22.1 Å². The lowest BCUT2D eigenvalue weighted by atomic mass is 9.97. The number of sulfone groups is 1. The van der Waals surface area contributed by atoms with Crippen molar-refractivity contribution in [3.63, 3.8) is 0 Å². The van der Waals surface area contributed by atoms with Crippen LogP contribution < -0.4 is 0 Å². The Balaban J connectivity index is 2.06. The van der Waals surface area contributed by atoms with Crippen molar-refractivity contribution >= 4 is 25.8 Å². The van der Waals surface area contributed by atoms with Gasteiger partial charge in [-0.15, -0.1) is 0 Å². The molecule has 0 bridgehead atoms. The van der Waals surface area contributed by atoms with Crippen molar-refractivity contribution in [2.24, 2.45) is 0 Å². The summed E-state index contributed by atoms with van der Waals surface area (Å²) >= 11 is 3.64. The lowest BCUT2D eigenvalue weighted by Gasteiger charge is -2.35. The molecule has 19 heavy (non-hydrogen) atoms. The van der Waals surface area contributed by atoms with Crippen LogP contribution in [0.15, 0.2) is 23.8 Å². The first-order chi connectivity index (χ1) is 8.83. The quantitative estimate of drug-likeness (QED) is 0.728. The number of allylic oxidation sites excluding steroid dienone is 2. The van der Waals surface area contributed by atoms with Gasteiger partial charge in [0.25, 0.3) is 0 Å². The van der Waals surface area contributed by atoms with Gasteiger partial charge in [-0.05, 0) is 18.9 Å². The first-order valence-electron chi connectivity index (χ1n) is 6.38. The molecule has 1 heterocycles. The number of hydrogen-bond donors (Lipinski definition) is 0. The topological polar surface area (TPSA) is 46.6 Å². The van der Waals surface area contributed by atoms with Crippen molar-refractivity contribution < 1.29 is 13.2 Å². The molecule has 2 rings (SSSR count). The number of alkyl halides is 1. The average molecular weight is 350 g/mol. The highest BCUT2D eigenvalue weighted by molar-refractivity contribution is 9.10. The number of halogens is 1. The molecule has 2 aliphatic rings. The van der Waals surface area contributed by atoms with E-state index in [9.17, 15) is 8.42 Å². The van der Waals surface area contributed by atoms with Crippen molar-refractivity contribution in [3.8, 4) is 0 Å². The Bertz CT molecular complexity index is 482. The standard InChI is InChI=1S/C13H20BrNO3S/c1-13(14)5-3-11(4-6-13)12(18-2)15-7-9-19(16,17)10-8-15/h3-5,12H,6-10H2,1-2H3. The summed E-state index contributed by atoms with van der Waals surface area (Å²) in [4.78, 5) is 2.09. The van der Waals surface area contributed by atoms with E-state index in [1.54, 1.807) is 7.11 Å². The fourth-order valence-electron chi connectivity index (χ4n) is 2.36. The van der Waals surface area contributed by atoms with Gasteiger partial charge in [0.15, 0.2) is 9.84 Å². The fourth-order valence-corrected chi connectivity index (χ4v) is 3.89. The monoisotopic (exact) mass is 349 g/mol. The molecular formula is C13H20BrNO3S. The highest BCUT2D eigenvalue weighted by Gasteiger charge is 2.30. The van der Waals surface area contributed by atoms with Gasteiger partial charge in [0.1, 0.15) is 6.23 Å². The SMILES string of the molecule is COC(C1=CCC(C)(Br)C=C1)N1CCS(=O)(=O)CC1. The summed E-state index contributed by atoms with van der Waals surface area (Å²) in [5.74, 6) is 0.444. The third kappa shape index (κ3) is 3.90. The van der Waals surface area contributed by atoms with Crippen molar-refractivity contribution in [1.82, 2.24) is 4.90 Å². The maximum absolute atomic E-state index is 11.5. The van der Waals surface area contributed by atoms with Crippen LogP contribution in [0.3, 0.4) is 0 Å². The molecule has 6 heteroatoms. The van der Waals surface area contributed by atoms with Crippen molar-refractivity contribution in [1.29, 1.82) is 0 Å². The van der Waals surface area contributed by atoms with E-state index in [1.807, 2.05) is 0 Å². The van der Waals surface area contributed by atoms with Gasteiger partial charge in [0.05, 0.1) is 11.5 Å². The molecule has 0 saturated carbocycles. The van der Waals surface area contributed by atoms with E-state index < -0.39 is 9.84 Å². The van der Waals surface area contributed by atoms with E-state index in [0.29, 0.717) is 13.1 Å². The van der Waals surface area contributed by atoms with E-state index in [4.69, 9.17) is 4.74 Å². The van der Waals surface area contributed by atoms with E-state index in [2.05, 4.69) is 46.0 Å². The highest BCUT2D eigenvalue weighted by atomic mass is 79.9. The summed E-state index contributed by atoms with van der Waals surface area (Å²) in [6.07, 6.45) is 7.11. The highest BCUT2D eigenvalue weighted by Crippen LogP contribution is 2.31. The lowest BCUT2D eigenvalue weighted by molar-refractivity contribution is 0.00116. The predicted octanol–water partition coefficient (Wildman–Crippen LogP) is 1.73. The van der Waals surface area contributed by atoms with Crippen LogP contribution in [0, 0.1) is 0 Å². The molecular weight excluding hydrogens is 330 g/mol. The molecule has 0 amide bonds. The molecule has 0 N–H and O–H groups in total. The number of methoxy groups -OCH3 is 1. The molecule has 108 valence electrons. The Hall–Kier alpha value is -0.170. The van der Waals surface area contributed by atoms with E-state index in [1.165, 1.54) is 0 Å². The molecule has 1 fully saturated rings. The van der Waals surface area contributed by atoms with Crippen LogP contribution >= 0.6 is 15.9 Å². The summed E-state index contributed by atoms with van der Waals surface area (Å²) in [5.41, 5.74) is 1.11. The minimum absolute atomic E-state index is 0.0139. The van der Waals surface area contributed by atoms with Gasteiger partial charge < -0.3 is 4.74 Å². The normalized spacial score (nSPS) is 32.9.